The summed E-state index contributed by atoms with van der Waals surface area (Å²) in [6, 6.07) is 0.453. The van der Waals surface area contributed by atoms with Crippen molar-refractivity contribution in [2.24, 2.45) is 0 Å². The van der Waals surface area contributed by atoms with Gasteiger partial charge in [0.15, 0.2) is 0 Å². The third kappa shape index (κ3) is 4.88. The molecule has 1 aliphatic carbocycles. The Kier molecular flexibility index (Phi) is 6.34. The molecule has 0 aromatic heterocycles. The van der Waals surface area contributed by atoms with Crippen molar-refractivity contribution in [3.8, 4) is 0 Å². The van der Waals surface area contributed by atoms with Gasteiger partial charge in [-0.2, -0.15) is 11.8 Å². The molecule has 0 radical (unpaired) electrons. The zero-order valence-electron chi connectivity index (χ0n) is 11.0. The lowest BCUT2D eigenvalue weighted by Crippen LogP contribution is -2.52. The van der Waals surface area contributed by atoms with Crippen LogP contribution in [-0.2, 0) is 4.79 Å². The number of aliphatic carboxylic acids is 1. The van der Waals surface area contributed by atoms with Crippen molar-refractivity contribution in [2.75, 3.05) is 11.5 Å². The molecule has 0 saturated heterocycles. The first-order valence-electron chi connectivity index (χ1n) is 6.73. The molecule has 0 bridgehead atoms. The van der Waals surface area contributed by atoms with Gasteiger partial charge in [0, 0.05) is 6.04 Å². The lowest BCUT2D eigenvalue weighted by Gasteiger charge is -2.29. The Morgan fingerprint density at radius 1 is 1.41 bits per heavy atom. The molecule has 1 rings (SSSR count). The standard InChI is InChI=1S/C13H25NO2S/c1-3-9-17-10-5-8-13(4-2,12(15)16)14-11-6-7-11/h11,14H,3-10H2,1-2H3,(H,15,16). The molecular formula is C13H25NO2S. The molecule has 1 unspecified atom stereocenters. The summed E-state index contributed by atoms with van der Waals surface area (Å²) in [6.07, 6.45) is 5.90. The fourth-order valence-corrected chi connectivity index (χ4v) is 2.85. The van der Waals surface area contributed by atoms with E-state index in [0.29, 0.717) is 12.5 Å². The number of carboxylic acid groups (broad SMARTS) is 1. The van der Waals surface area contributed by atoms with Crippen molar-refractivity contribution in [3.05, 3.63) is 0 Å². The van der Waals surface area contributed by atoms with E-state index in [2.05, 4.69) is 12.2 Å². The summed E-state index contributed by atoms with van der Waals surface area (Å²) in [5.41, 5.74) is -0.673. The average Bonchev–Trinajstić information content (AvgIpc) is 3.10. The highest BCUT2D eigenvalue weighted by Gasteiger charge is 2.40. The normalized spacial score (nSPS) is 18.9. The lowest BCUT2D eigenvalue weighted by molar-refractivity contribution is -0.145. The van der Waals surface area contributed by atoms with Crippen LogP contribution >= 0.6 is 11.8 Å². The van der Waals surface area contributed by atoms with E-state index in [4.69, 9.17) is 0 Å². The monoisotopic (exact) mass is 259 g/mol. The SMILES string of the molecule is CCCSCCCC(CC)(NC1CC1)C(=O)O. The third-order valence-corrected chi connectivity index (χ3v) is 4.59. The Morgan fingerprint density at radius 2 is 2.12 bits per heavy atom. The molecule has 17 heavy (non-hydrogen) atoms. The van der Waals surface area contributed by atoms with E-state index >= 15 is 0 Å². The van der Waals surface area contributed by atoms with Crippen molar-refractivity contribution in [1.29, 1.82) is 0 Å². The Bertz CT molecular complexity index is 244. The smallest absolute Gasteiger partial charge is 0.323 e. The highest BCUT2D eigenvalue weighted by molar-refractivity contribution is 7.99. The molecule has 0 amide bonds. The molecule has 1 atom stereocenters. The molecule has 3 nitrogen and oxygen atoms in total. The van der Waals surface area contributed by atoms with Crippen LogP contribution in [0.2, 0.25) is 0 Å². The molecule has 2 N–H and O–H groups in total. The van der Waals surface area contributed by atoms with Gasteiger partial charge in [0.25, 0.3) is 0 Å². The maximum atomic E-state index is 11.5. The molecule has 0 aromatic carbocycles. The topological polar surface area (TPSA) is 49.3 Å². The van der Waals surface area contributed by atoms with Gasteiger partial charge in [0.05, 0.1) is 0 Å². The minimum atomic E-state index is -0.674. The number of thioether (sulfide) groups is 1. The predicted molar refractivity (Wildman–Crippen MR) is 73.7 cm³/mol. The zero-order chi connectivity index (χ0) is 12.7. The number of carbonyl (C=O) groups is 1. The van der Waals surface area contributed by atoms with E-state index in [9.17, 15) is 9.90 Å². The van der Waals surface area contributed by atoms with Gasteiger partial charge in [-0.25, -0.2) is 0 Å². The number of carboxylic acids is 1. The van der Waals surface area contributed by atoms with Crippen LogP contribution in [-0.4, -0.2) is 34.2 Å². The molecular weight excluding hydrogens is 234 g/mol. The van der Waals surface area contributed by atoms with E-state index in [-0.39, 0.29) is 0 Å². The fraction of sp³-hybridized carbons (Fsp3) is 0.923. The first-order valence-corrected chi connectivity index (χ1v) is 7.89. The Hall–Kier alpha value is -0.220. The first-order chi connectivity index (χ1) is 8.14. The van der Waals surface area contributed by atoms with Crippen LogP contribution in [0.4, 0.5) is 0 Å². The highest BCUT2D eigenvalue weighted by Crippen LogP contribution is 2.27. The quantitative estimate of drug-likeness (QED) is 0.592. The minimum Gasteiger partial charge on any atom is -0.480 e. The number of hydrogen-bond donors (Lipinski definition) is 2. The summed E-state index contributed by atoms with van der Waals surface area (Å²) in [4.78, 5) is 11.5. The van der Waals surface area contributed by atoms with E-state index in [1.54, 1.807) is 0 Å². The average molecular weight is 259 g/mol. The first kappa shape index (κ1) is 14.8. The molecule has 1 saturated carbocycles. The second-order valence-electron chi connectivity index (χ2n) is 4.88. The van der Waals surface area contributed by atoms with E-state index < -0.39 is 11.5 Å². The van der Waals surface area contributed by atoms with Crippen LogP contribution < -0.4 is 5.32 Å². The molecule has 1 aliphatic rings. The van der Waals surface area contributed by atoms with Gasteiger partial charge < -0.3 is 5.11 Å². The zero-order valence-corrected chi connectivity index (χ0v) is 11.8. The van der Waals surface area contributed by atoms with Crippen LogP contribution in [0.1, 0.15) is 52.4 Å². The van der Waals surface area contributed by atoms with Crippen molar-refractivity contribution in [2.45, 2.75) is 64.0 Å². The van der Waals surface area contributed by atoms with Gasteiger partial charge in [-0.15, -0.1) is 0 Å². The Labute approximate surface area is 109 Å². The summed E-state index contributed by atoms with van der Waals surface area (Å²) in [5, 5.41) is 12.8. The Morgan fingerprint density at radius 3 is 2.59 bits per heavy atom. The van der Waals surface area contributed by atoms with Crippen LogP contribution in [0, 0.1) is 0 Å². The molecule has 4 heteroatoms. The van der Waals surface area contributed by atoms with Crippen molar-refractivity contribution in [3.63, 3.8) is 0 Å². The van der Waals surface area contributed by atoms with Crippen LogP contribution in [0.3, 0.4) is 0 Å². The van der Waals surface area contributed by atoms with E-state index in [1.165, 1.54) is 12.2 Å². The summed E-state index contributed by atoms with van der Waals surface area (Å²) in [6.45, 7) is 4.15. The van der Waals surface area contributed by atoms with E-state index in [0.717, 1.165) is 31.4 Å². The van der Waals surface area contributed by atoms with Crippen LogP contribution in [0.15, 0.2) is 0 Å². The molecule has 1 fully saturated rings. The predicted octanol–water partition coefficient (Wildman–Crippen LogP) is 2.90. The highest BCUT2D eigenvalue weighted by atomic mass is 32.2. The van der Waals surface area contributed by atoms with Gasteiger partial charge in [-0.05, 0) is 50.0 Å². The number of hydrogen-bond acceptors (Lipinski definition) is 3. The van der Waals surface area contributed by atoms with Gasteiger partial charge in [-0.1, -0.05) is 13.8 Å². The molecule has 0 spiro atoms. The molecule has 0 aromatic rings. The largest absolute Gasteiger partial charge is 0.480 e. The number of rotatable bonds is 10. The summed E-state index contributed by atoms with van der Waals surface area (Å²) in [7, 11) is 0. The van der Waals surface area contributed by atoms with E-state index in [1.807, 2.05) is 18.7 Å². The summed E-state index contributed by atoms with van der Waals surface area (Å²) in [5.74, 6) is 1.59. The van der Waals surface area contributed by atoms with Crippen molar-refractivity contribution < 1.29 is 9.90 Å². The second kappa shape index (κ2) is 7.27. The second-order valence-corrected chi connectivity index (χ2v) is 6.10. The summed E-state index contributed by atoms with van der Waals surface area (Å²) >= 11 is 1.93. The van der Waals surface area contributed by atoms with Crippen LogP contribution in [0.5, 0.6) is 0 Å². The van der Waals surface area contributed by atoms with Crippen molar-refractivity contribution >= 4 is 17.7 Å². The van der Waals surface area contributed by atoms with Gasteiger partial charge in [0.2, 0.25) is 0 Å². The fourth-order valence-electron chi connectivity index (χ4n) is 2.01. The van der Waals surface area contributed by atoms with Crippen molar-refractivity contribution in [1.82, 2.24) is 5.32 Å². The van der Waals surface area contributed by atoms with Gasteiger partial charge in [-0.3, -0.25) is 10.1 Å². The molecule has 0 heterocycles. The Balaban J connectivity index is 2.36. The molecule has 0 aliphatic heterocycles. The summed E-state index contributed by atoms with van der Waals surface area (Å²) < 4.78 is 0. The van der Waals surface area contributed by atoms with Gasteiger partial charge in [0.1, 0.15) is 5.54 Å². The van der Waals surface area contributed by atoms with Crippen LogP contribution in [0.25, 0.3) is 0 Å². The maximum Gasteiger partial charge on any atom is 0.323 e. The lowest BCUT2D eigenvalue weighted by atomic mass is 9.90. The maximum absolute atomic E-state index is 11.5. The minimum absolute atomic E-state index is 0.453. The number of nitrogens with one attached hydrogen (secondary N) is 1. The van der Waals surface area contributed by atoms with Gasteiger partial charge >= 0.3 is 5.97 Å². The molecule has 100 valence electrons. The third-order valence-electron chi connectivity index (χ3n) is 3.31.